The fourth-order valence-electron chi connectivity index (χ4n) is 3.87. The van der Waals surface area contributed by atoms with E-state index in [2.05, 4.69) is 30.6 Å². The normalized spacial score (nSPS) is 11.8. The molecule has 10 nitrogen and oxygen atoms in total. The number of carbonyl (C=O) groups is 1. The second-order valence-electron chi connectivity index (χ2n) is 9.40. The lowest BCUT2D eigenvalue weighted by Gasteiger charge is -2.13. The summed E-state index contributed by atoms with van der Waals surface area (Å²) in [5, 5.41) is 14.7. The van der Waals surface area contributed by atoms with Crippen molar-refractivity contribution in [2.75, 3.05) is 6.67 Å². The molecule has 4 aromatic heterocycles. The highest BCUT2D eigenvalue weighted by Gasteiger charge is 2.29. The van der Waals surface area contributed by atoms with E-state index in [1.165, 1.54) is 6.33 Å². The van der Waals surface area contributed by atoms with Gasteiger partial charge in [-0.25, -0.2) is 18.3 Å². The first-order chi connectivity index (χ1) is 17.7. The van der Waals surface area contributed by atoms with Crippen molar-refractivity contribution in [2.24, 2.45) is 7.05 Å². The van der Waals surface area contributed by atoms with Crippen LogP contribution in [0.5, 0.6) is 0 Å². The van der Waals surface area contributed by atoms with E-state index in [9.17, 15) is 9.18 Å². The second-order valence-corrected chi connectivity index (χ2v) is 9.40. The van der Waals surface area contributed by atoms with Gasteiger partial charge in [0.15, 0.2) is 0 Å². The van der Waals surface area contributed by atoms with Crippen molar-refractivity contribution < 1.29 is 18.1 Å². The summed E-state index contributed by atoms with van der Waals surface area (Å²) >= 11 is 0. The molecule has 0 aliphatic carbocycles. The van der Waals surface area contributed by atoms with Crippen LogP contribution in [-0.2, 0) is 19.0 Å². The summed E-state index contributed by atoms with van der Waals surface area (Å²) in [6, 6.07) is 5.24. The molecule has 0 bridgehead atoms. The van der Waals surface area contributed by atoms with Gasteiger partial charge in [0.05, 0.1) is 17.1 Å². The number of benzene rings is 1. The van der Waals surface area contributed by atoms with Crippen LogP contribution >= 0.6 is 0 Å². The molecule has 0 aliphatic heterocycles. The molecule has 5 rings (SSSR count). The standard InChI is InChI=1S/C25H24F2N8O2/c1-14-15(8-28-23(36)22-32-24(37-33-22)25(2,3)12-26)5-6-18(20(14)27)21-19-7-16(11-35(19)31-13-29-21)17-9-30-34(4)10-17/h5-7,9-11,13H,8,12H2,1-4H3,(H,28,36). The van der Waals surface area contributed by atoms with Crippen molar-refractivity contribution in [1.29, 1.82) is 0 Å². The van der Waals surface area contributed by atoms with Gasteiger partial charge in [0.25, 0.3) is 11.7 Å². The van der Waals surface area contributed by atoms with Crippen LogP contribution in [0.1, 0.15) is 41.5 Å². The first-order valence-corrected chi connectivity index (χ1v) is 11.5. The van der Waals surface area contributed by atoms with E-state index >= 15 is 4.39 Å². The number of amides is 1. The Hall–Kier alpha value is -4.48. The first-order valence-electron chi connectivity index (χ1n) is 11.5. The van der Waals surface area contributed by atoms with Crippen molar-refractivity contribution in [3.63, 3.8) is 0 Å². The molecule has 0 fully saturated rings. The molecule has 0 aliphatic rings. The van der Waals surface area contributed by atoms with E-state index < -0.39 is 23.8 Å². The highest BCUT2D eigenvalue weighted by molar-refractivity contribution is 5.90. The second kappa shape index (κ2) is 9.19. The fraction of sp³-hybridized carbons (Fsp3) is 0.280. The number of aromatic nitrogens is 7. The van der Waals surface area contributed by atoms with Gasteiger partial charge in [-0.3, -0.25) is 9.48 Å². The van der Waals surface area contributed by atoms with Crippen LogP contribution in [0.2, 0.25) is 0 Å². The molecule has 0 unspecified atom stereocenters. The fourth-order valence-corrected chi connectivity index (χ4v) is 3.87. The van der Waals surface area contributed by atoms with Crippen LogP contribution < -0.4 is 5.32 Å². The number of carbonyl (C=O) groups excluding carboxylic acids is 1. The number of halogens is 2. The number of hydrogen-bond donors (Lipinski definition) is 1. The molecule has 0 saturated carbocycles. The molecule has 37 heavy (non-hydrogen) atoms. The summed E-state index contributed by atoms with van der Waals surface area (Å²) < 4.78 is 37.1. The zero-order valence-corrected chi connectivity index (χ0v) is 20.7. The van der Waals surface area contributed by atoms with Crippen LogP contribution in [-0.4, -0.2) is 47.1 Å². The summed E-state index contributed by atoms with van der Waals surface area (Å²) in [6.07, 6.45) is 6.84. The van der Waals surface area contributed by atoms with E-state index in [0.717, 1.165) is 11.1 Å². The van der Waals surface area contributed by atoms with Gasteiger partial charge in [-0.2, -0.15) is 15.2 Å². The lowest BCUT2D eigenvalue weighted by Crippen LogP contribution is -2.25. The minimum Gasteiger partial charge on any atom is -0.345 e. The Morgan fingerprint density at radius 3 is 2.73 bits per heavy atom. The monoisotopic (exact) mass is 506 g/mol. The highest BCUT2D eigenvalue weighted by Crippen LogP contribution is 2.31. The van der Waals surface area contributed by atoms with E-state index in [1.54, 1.807) is 48.3 Å². The van der Waals surface area contributed by atoms with Gasteiger partial charge in [0, 0.05) is 42.7 Å². The minimum atomic E-state index is -0.994. The molecule has 0 saturated heterocycles. The van der Waals surface area contributed by atoms with E-state index in [0.29, 0.717) is 27.9 Å². The predicted octanol–water partition coefficient (Wildman–Crippen LogP) is 3.80. The molecule has 0 atom stereocenters. The number of fused-ring (bicyclic) bond motifs is 1. The molecular weight excluding hydrogens is 482 g/mol. The Bertz CT molecular complexity index is 1620. The van der Waals surface area contributed by atoms with Gasteiger partial charge in [-0.1, -0.05) is 11.2 Å². The number of hydrogen-bond acceptors (Lipinski definition) is 7. The number of rotatable bonds is 7. The van der Waals surface area contributed by atoms with Crippen LogP contribution in [0.3, 0.4) is 0 Å². The van der Waals surface area contributed by atoms with Gasteiger partial charge in [-0.15, -0.1) is 0 Å². The topological polar surface area (TPSA) is 116 Å². The maximum atomic E-state index is 15.6. The number of nitrogens with one attached hydrogen (secondary N) is 1. The molecule has 5 aromatic rings. The van der Waals surface area contributed by atoms with E-state index in [-0.39, 0.29) is 18.3 Å². The molecule has 4 heterocycles. The Balaban J connectivity index is 1.39. The van der Waals surface area contributed by atoms with Crippen LogP contribution in [0.4, 0.5) is 8.78 Å². The lowest BCUT2D eigenvalue weighted by molar-refractivity contribution is 0.0937. The SMILES string of the molecule is Cc1c(CNC(=O)c2noc(C(C)(C)CF)n2)ccc(-c2ncnn3cc(-c4cnn(C)c4)cc23)c1F. The highest BCUT2D eigenvalue weighted by atomic mass is 19.1. The summed E-state index contributed by atoms with van der Waals surface area (Å²) in [5.74, 6) is -1.25. The molecule has 0 radical (unpaired) electrons. The van der Waals surface area contributed by atoms with E-state index in [4.69, 9.17) is 4.52 Å². The average molecular weight is 507 g/mol. The quantitative estimate of drug-likeness (QED) is 0.357. The predicted molar refractivity (Wildman–Crippen MR) is 130 cm³/mol. The summed E-state index contributed by atoms with van der Waals surface area (Å²) in [7, 11) is 1.83. The van der Waals surface area contributed by atoms with Crippen LogP contribution in [0.15, 0.2) is 47.6 Å². The largest absolute Gasteiger partial charge is 0.345 e. The van der Waals surface area contributed by atoms with Crippen molar-refractivity contribution >= 4 is 11.4 Å². The smallest absolute Gasteiger partial charge is 0.292 e. The van der Waals surface area contributed by atoms with E-state index in [1.807, 2.05) is 25.5 Å². The molecule has 1 aromatic carbocycles. The summed E-state index contributed by atoms with van der Waals surface area (Å²) in [4.78, 5) is 20.8. The molecule has 190 valence electrons. The Labute approximate surface area is 210 Å². The summed E-state index contributed by atoms with van der Waals surface area (Å²) in [6.45, 7) is 4.14. The number of aryl methyl sites for hydroxylation is 1. The molecule has 12 heteroatoms. The van der Waals surface area contributed by atoms with Crippen molar-refractivity contribution in [2.45, 2.75) is 32.7 Å². The Morgan fingerprint density at radius 1 is 1.19 bits per heavy atom. The third kappa shape index (κ3) is 4.46. The third-order valence-corrected chi connectivity index (χ3v) is 6.18. The maximum Gasteiger partial charge on any atom is 0.292 e. The Kier molecular flexibility index (Phi) is 6.02. The van der Waals surface area contributed by atoms with Crippen LogP contribution in [0, 0.1) is 12.7 Å². The van der Waals surface area contributed by atoms with Crippen LogP contribution in [0.25, 0.3) is 27.9 Å². The van der Waals surface area contributed by atoms with Gasteiger partial charge in [0.1, 0.15) is 24.5 Å². The number of nitrogens with zero attached hydrogens (tertiary/aromatic N) is 7. The van der Waals surface area contributed by atoms with Crippen molar-refractivity contribution in [3.05, 3.63) is 71.8 Å². The third-order valence-electron chi connectivity index (χ3n) is 6.18. The molecule has 1 amide bonds. The maximum absolute atomic E-state index is 15.6. The van der Waals surface area contributed by atoms with Crippen molar-refractivity contribution in [1.82, 2.24) is 39.8 Å². The van der Waals surface area contributed by atoms with Gasteiger partial charge in [-0.05, 0) is 44.0 Å². The zero-order valence-electron chi connectivity index (χ0n) is 20.7. The van der Waals surface area contributed by atoms with Gasteiger partial charge < -0.3 is 9.84 Å². The minimum absolute atomic E-state index is 0.0277. The first kappa shape index (κ1) is 24.2. The molecule has 1 N–H and O–H groups in total. The number of alkyl halides is 1. The zero-order chi connectivity index (χ0) is 26.3. The van der Waals surface area contributed by atoms with Gasteiger partial charge in [0.2, 0.25) is 5.89 Å². The molecular formula is C25H24F2N8O2. The van der Waals surface area contributed by atoms with Crippen molar-refractivity contribution in [3.8, 4) is 22.4 Å². The molecule has 0 spiro atoms. The lowest BCUT2D eigenvalue weighted by atomic mass is 9.96. The average Bonchev–Trinajstić information content (AvgIpc) is 3.64. The summed E-state index contributed by atoms with van der Waals surface area (Å²) in [5.41, 5.74) is 3.12. The Morgan fingerprint density at radius 2 is 2.00 bits per heavy atom. The van der Waals surface area contributed by atoms with Gasteiger partial charge >= 0.3 is 0 Å².